The van der Waals surface area contributed by atoms with Crippen molar-refractivity contribution >= 4 is 46.8 Å². The highest BCUT2D eigenvalue weighted by molar-refractivity contribution is 8.01. The Bertz CT molecular complexity index is 1030. The van der Waals surface area contributed by atoms with E-state index in [0.29, 0.717) is 17.9 Å². The van der Waals surface area contributed by atoms with Gasteiger partial charge in [-0.3, -0.25) is 19.2 Å². The molecule has 0 unspecified atom stereocenters. The second-order valence-electron chi connectivity index (χ2n) is 7.59. The van der Waals surface area contributed by atoms with Crippen LogP contribution in [0.3, 0.4) is 0 Å². The third kappa shape index (κ3) is 6.42. The molecule has 180 valence electrons. The Kier molecular flexibility index (Phi) is 9.34. The fourth-order valence-corrected chi connectivity index (χ4v) is 4.88. The number of terminal acetylenes is 1. The SMILES string of the molecule is C#CCNC(=O)[C@](C)(C#N)[C@@H]1S[C@H](CNc2cccc(NC(=O)COC(C)=O)c2)C(=O)N1CC. The van der Waals surface area contributed by atoms with E-state index >= 15 is 0 Å². The number of rotatable bonds is 10. The summed E-state index contributed by atoms with van der Waals surface area (Å²) in [7, 11) is 0. The van der Waals surface area contributed by atoms with Gasteiger partial charge in [-0.25, -0.2) is 0 Å². The first-order chi connectivity index (χ1) is 16.2. The van der Waals surface area contributed by atoms with Gasteiger partial charge in [0.25, 0.3) is 5.91 Å². The van der Waals surface area contributed by atoms with Crippen LogP contribution in [0.15, 0.2) is 24.3 Å². The van der Waals surface area contributed by atoms with Crippen LogP contribution in [-0.4, -0.2) is 65.5 Å². The summed E-state index contributed by atoms with van der Waals surface area (Å²) in [5.74, 6) is 0.575. The van der Waals surface area contributed by atoms with E-state index in [0.717, 1.165) is 0 Å². The molecule has 1 aliphatic heterocycles. The van der Waals surface area contributed by atoms with E-state index in [1.165, 1.54) is 30.5 Å². The fraction of sp³-hybridized carbons (Fsp3) is 0.435. The Morgan fingerprint density at radius 1 is 1.32 bits per heavy atom. The number of nitrogens with zero attached hydrogens (tertiary/aromatic N) is 2. The minimum absolute atomic E-state index is 0.00764. The summed E-state index contributed by atoms with van der Waals surface area (Å²) in [5, 5.41) is 16.9. The Morgan fingerprint density at radius 2 is 2.03 bits per heavy atom. The van der Waals surface area contributed by atoms with Crippen molar-refractivity contribution in [3.8, 4) is 18.4 Å². The molecule has 0 aliphatic carbocycles. The van der Waals surface area contributed by atoms with Crippen molar-refractivity contribution in [2.24, 2.45) is 5.41 Å². The average Bonchev–Trinajstić information content (AvgIpc) is 3.15. The van der Waals surface area contributed by atoms with Crippen molar-refractivity contribution < 1.29 is 23.9 Å². The van der Waals surface area contributed by atoms with Crippen molar-refractivity contribution in [3.05, 3.63) is 24.3 Å². The van der Waals surface area contributed by atoms with Crippen molar-refractivity contribution in [2.45, 2.75) is 31.4 Å². The van der Waals surface area contributed by atoms with Crippen molar-refractivity contribution in [1.82, 2.24) is 10.2 Å². The highest BCUT2D eigenvalue weighted by Gasteiger charge is 2.52. The van der Waals surface area contributed by atoms with E-state index in [4.69, 9.17) is 6.42 Å². The zero-order valence-electron chi connectivity index (χ0n) is 19.2. The Morgan fingerprint density at radius 3 is 2.65 bits per heavy atom. The van der Waals surface area contributed by atoms with Gasteiger partial charge in [0.1, 0.15) is 10.6 Å². The lowest BCUT2D eigenvalue weighted by atomic mass is 9.90. The van der Waals surface area contributed by atoms with Crippen molar-refractivity contribution in [3.63, 3.8) is 0 Å². The number of esters is 1. The molecular weight excluding hydrogens is 458 g/mol. The molecule has 1 fully saturated rings. The molecule has 3 N–H and O–H groups in total. The normalized spacial score (nSPS) is 18.7. The van der Waals surface area contributed by atoms with Crippen LogP contribution < -0.4 is 16.0 Å². The van der Waals surface area contributed by atoms with Crippen LogP contribution >= 0.6 is 11.8 Å². The number of carbonyl (C=O) groups is 4. The van der Waals surface area contributed by atoms with E-state index in [2.05, 4.69) is 32.7 Å². The maximum absolute atomic E-state index is 13.0. The van der Waals surface area contributed by atoms with Crippen molar-refractivity contribution in [2.75, 3.05) is 36.9 Å². The number of anilines is 2. The van der Waals surface area contributed by atoms with Crippen LogP contribution in [0, 0.1) is 29.1 Å². The molecule has 10 nitrogen and oxygen atoms in total. The van der Waals surface area contributed by atoms with E-state index in [-0.39, 0.29) is 25.6 Å². The summed E-state index contributed by atoms with van der Waals surface area (Å²) in [6.45, 7) is 4.71. The summed E-state index contributed by atoms with van der Waals surface area (Å²) in [6, 6.07) is 8.91. The molecule has 3 atom stereocenters. The van der Waals surface area contributed by atoms with Gasteiger partial charge >= 0.3 is 5.97 Å². The first-order valence-corrected chi connectivity index (χ1v) is 11.5. The predicted molar refractivity (Wildman–Crippen MR) is 128 cm³/mol. The first-order valence-electron chi connectivity index (χ1n) is 10.5. The Hall–Kier alpha value is -3.70. The monoisotopic (exact) mass is 485 g/mol. The smallest absolute Gasteiger partial charge is 0.303 e. The van der Waals surface area contributed by atoms with Crippen LogP contribution in [0.2, 0.25) is 0 Å². The van der Waals surface area contributed by atoms with Crippen LogP contribution in [0.4, 0.5) is 11.4 Å². The zero-order chi connectivity index (χ0) is 25.3. The molecule has 1 heterocycles. The number of carbonyl (C=O) groups excluding carboxylic acids is 4. The molecule has 1 aliphatic rings. The number of hydrogen-bond acceptors (Lipinski definition) is 8. The minimum atomic E-state index is -1.48. The van der Waals surface area contributed by atoms with Gasteiger partial charge in [-0.2, -0.15) is 5.26 Å². The molecule has 2 rings (SSSR count). The lowest BCUT2D eigenvalue weighted by Gasteiger charge is -2.32. The molecule has 0 aromatic heterocycles. The predicted octanol–water partition coefficient (Wildman–Crippen LogP) is 1.17. The molecule has 11 heteroatoms. The van der Waals surface area contributed by atoms with E-state index < -0.39 is 33.8 Å². The van der Waals surface area contributed by atoms with Crippen LogP contribution in [0.5, 0.6) is 0 Å². The van der Waals surface area contributed by atoms with E-state index in [1.54, 1.807) is 31.2 Å². The molecule has 0 saturated carbocycles. The van der Waals surface area contributed by atoms with Gasteiger partial charge in [-0.15, -0.1) is 18.2 Å². The summed E-state index contributed by atoms with van der Waals surface area (Å²) in [4.78, 5) is 49.9. The molecular formula is C23H27N5O5S. The number of ether oxygens (including phenoxy) is 1. The molecule has 0 spiro atoms. The molecule has 3 amide bonds. The maximum Gasteiger partial charge on any atom is 0.303 e. The third-order valence-corrected chi connectivity index (χ3v) is 6.75. The number of thioether (sulfide) groups is 1. The summed E-state index contributed by atoms with van der Waals surface area (Å²) in [5.41, 5.74) is -0.337. The van der Waals surface area contributed by atoms with Gasteiger partial charge in [0, 0.05) is 31.4 Å². The summed E-state index contributed by atoms with van der Waals surface area (Å²) < 4.78 is 4.67. The summed E-state index contributed by atoms with van der Waals surface area (Å²) >= 11 is 1.25. The highest BCUT2D eigenvalue weighted by Crippen LogP contribution is 2.42. The van der Waals surface area contributed by atoms with Crippen LogP contribution in [0.1, 0.15) is 20.8 Å². The number of hydrogen-bond donors (Lipinski definition) is 3. The Balaban J connectivity index is 2.07. The Labute approximate surface area is 202 Å². The second kappa shape index (κ2) is 12.0. The fourth-order valence-electron chi connectivity index (χ4n) is 3.31. The molecule has 0 radical (unpaired) electrons. The molecule has 1 aromatic carbocycles. The van der Waals surface area contributed by atoms with E-state index in [9.17, 15) is 24.4 Å². The average molecular weight is 486 g/mol. The molecule has 1 aromatic rings. The van der Waals surface area contributed by atoms with Gasteiger partial charge < -0.3 is 25.6 Å². The quantitative estimate of drug-likeness (QED) is 0.331. The first kappa shape index (κ1) is 26.6. The standard InChI is InChI=1S/C23H27N5O5S/c1-5-10-25-21(32)23(4,14-24)22-28(6-2)20(31)18(34-22)12-26-16-8-7-9-17(11-16)27-19(30)13-33-15(3)29/h1,7-9,11,18,22,26H,6,10,12-13H2,2-4H3,(H,25,32)(H,27,30)/t18-,22+,23+/m1/s1. The van der Waals surface area contributed by atoms with Gasteiger partial charge in [-0.1, -0.05) is 12.0 Å². The highest BCUT2D eigenvalue weighted by atomic mass is 32.2. The number of nitriles is 1. The largest absolute Gasteiger partial charge is 0.456 e. The number of benzene rings is 1. The third-order valence-electron chi connectivity index (χ3n) is 5.07. The zero-order valence-corrected chi connectivity index (χ0v) is 20.0. The van der Waals surface area contributed by atoms with Crippen LogP contribution in [-0.2, 0) is 23.9 Å². The van der Waals surface area contributed by atoms with Gasteiger partial charge in [0.05, 0.1) is 12.6 Å². The van der Waals surface area contributed by atoms with Crippen LogP contribution in [0.25, 0.3) is 0 Å². The lowest BCUT2D eigenvalue weighted by Crippen LogP contribution is -2.51. The topological polar surface area (TPSA) is 141 Å². The molecule has 34 heavy (non-hydrogen) atoms. The maximum atomic E-state index is 13.0. The van der Waals surface area contributed by atoms with Crippen molar-refractivity contribution in [1.29, 1.82) is 5.26 Å². The minimum Gasteiger partial charge on any atom is -0.456 e. The number of nitrogens with one attached hydrogen (secondary N) is 3. The second-order valence-corrected chi connectivity index (χ2v) is 8.88. The van der Waals surface area contributed by atoms with Gasteiger partial charge in [0.15, 0.2) is 12.0 Å². The van der Waals surface area contributed by atoms with E-state index in [1.807, 2.05) is 0 Å². The lowest BCUT2D eigenvalue weighted by molar-refractivity contribution is -0.145. The molecule has 1 saturated heterocycles. The summed E-state index contributed by atoms with van der Waals surface area (Å²) in [6.07, 6.45) is 5.20. The molecule has 0 bridgehead atoms. The van der Waals surface area contributed by atoms with Gasteiger partial charge in [-0.05, 0) is 32.0 Å². The van der Waals surface area contributed by atoms with Gasteiger partial charge in [0.2, 0.25) is 11.8 Å². The number of amides is 3.